The van der Waals surface area contributed by atoms with Crippen LogP contribution in [0.5, 0.6) is 0 Å². The Kier molecular flexibility index (Phi) is 3.75. The minimum absolute atomic E-state index is 0.435. The van der Waals surface area contributed by atoms with Gasteiger partial charge < -0.3 is 4.74 Å². The molecule has 110 valence electrons. The zero-order valence-corrected chi connectivity index (χ0v) is 11.0. The van der Waals surface area contributed by atoms with E-state index in [1.165, 1.54) is 0 Å². The first-order valence-corrected chi connectivity index (χ1v) is 7.12. The van der Waals surface area contributed by atoms with E-state index < -0.39 is 12.7 Å². The van der Waals surface area contributed by atoms with Gasteiger partial charge in [-0.05, 0) is 24.7 Å². The van der Waals surface area contributed by atoms with Crippen molar-refractivity contribution in [2.24, 2.45) is 11.8 Å². The van der Waals surface area contributed by atoms with Crippen LogP contribution in [0.25, 0.3) is 0 Å². The lowest BCUT2D eigenvalue weighted by molar-refractivity contribution is -0.144. The number of fused-ring (bicyclic) bond motifs is 1. The number of halogens is 3. The monoisotopic (exact) mass is 278 g/mol. The highest BCUT2D eigenvalue weighted by molar-refractivity contribution is 4.95. The summed E-state index contributed by atoms with van der Waals surface area (Å²) in [5, 5.41) is 0. The van der Waals surface area contributed by atoms with Gasteiger partial charge in [-0.3, -0.25) is 9.80 Å². The summed E-state index contributed by atoms with van der Waals surface area (Å²) in [6.45, 7) is 4.10. The summed E-state index contributed by atoms with van der Waals surface area (Å²) in [4.78, 5) is 4.07. The third kappa shape index (κ3) is 3.23. The zero-order valence-electron chi connectivity index (χ0n) is 11.0. The van der Waals surface area contributed by atoms with Gasteiger partial charge in [0.05, 0.1) is 6.54 Å². The van der Waals surface area contributed by atoms with Gasteiger partial charge in [-0.15, -0.1) is 0 Å². The number of rotatable bonds is 2. The molecule has 2 atom stereocenters. The van der Waals surface area contributed by atoms with E-state index >= 15 is 0 Å². The smallest absolute Gasteiger partial charge is 0.381 e. The molecule has 0 aromatic carbocycles. The molecule has 3 nitrogen and oxygen atoms in total. The van der Waals surface area contributed by atoms with Crippen LogP contribution in [0, 0.1) is 11.8 Å². The van der Waals surface area contributed by atoms with Crippen molar-refractivity contribution in [3.63, 3.8) is 0 Å². The van der Waals surface area contributed by atoms with Gasteiger partial charge in [0, 0.05) is 45.4 Å². The van der Waals surface area contributed by atoms with E-state index in [9.17, 15) is 13.2 Å². The average molecular weight is 278 g/mol. The Morgan fingerprint density at radius 2 is 1.53 bits per heavy atom. The number of likely N-dealkylation sites (tertiary alicyclic amines) is 2. The molecule has 3 aliphatic heterocycles. The fourth-order valence-electron chi connectivity index (χ4n) is 3.86. The Bertz CT molecular complexity index is 304. The Balaban J connectivity index is 1.50. The van der Waals surface area contributed by atoms with Crippen LogP contribution in [0.2, 0.25) is 0 Å². The van der Waals surface area contributed by atoms with Crippen molar-refractivity contribution >= 4 is 0 Å². The minimum Gasteiger partial charge on any atom is -0.381 e. The molecule has 2 unspecified atom stereocenters. The largest absolute Gasteiger partial charge is 0.401 e. The van der Waals surface area contributed by atoms with Gasteiger partial charge >= 0.3 is 6.18 Å². The van der Waals surface area contributed by atoms with Crippen LogP contribution in [0.4, 0.5) is 13.2 Å². The highest BCUT2D eigenvalue weighted by atomic mass is 19.4. The van der Waals surface area contributed by atoms with Crippen LogP contribution >= 0.6 is 0 Å². The molecule has 3 fully saturated rings. The van der Waals surface area contributed by atoms with E-state index in [4.69, 9.17) is 4.74 Å². The zero-order chi connectivity index (χ0) is 13.5. The molecule has 0 aromatic heterocycles. The Morgan fingerprint density at radius 1 is 0.947 bits per heavy atom. The molecule has 19 heavy (non-hydrogen) atoms. The lowest BCUT2D eigenvalue weighted by atomic mass is 10.0. The number of nitrogens with zero attached hydrogens (tertiary/aromatic N) is 2. The summed E-state index contributed by atoms with van der Waals surface area (Å²) in [5.74, 6) is 0.871. The highest BCUT2D eigenvalue weighted by Crippen LogP contribution is 2.34. The van der Waals surface area contributed by atoms with E-state index in [0.717, 1.165) is 39.1 Å². The van der Waals surface area contributed by atoms with Crippen LogP contribution in [0.3, 0.4) is 0 Å². The average Bonchev–Trinajstić information content (AvgIpc) is 2.85. The lowest BCUT2D eigenvalue weighted by Gasteiger charge is -2.32. The van der Waals surface area contributed by atoms with Crippen molar-refractivity contribution in [3.8, 4) is 0 Å². The van der Waals surface area contributed by atoms with Gasteiger partial charge in [0.15, 0.2) is 0 Å². The second kappa shape index (κ2) is 5.22. The topological polar surface area (TPSA) is 15.7 Å². The third-order valence-corrected chi connectivity index (χ3v) is 4.70. The lowest BCUT2D eigenvalue weighted by Crippen LogP contribution is -2.41. The second-order valence-electron chi connectivity index (χ2n) is 6.13. The molecule has 3 saturated heterocycles. The number of hydrogen-bond donors (Lipinski definition) is 0. The van der Waals surface area contributed by atoms with Crippen molar-refractivity contribution in [2.75, 3.05) is 45.9 Å². The molecule has 0 bridgehead atoms. The van der Waals surface area contributed by atoms with Crippen LogP contribution < -0.4 is 0 Å². The van der Waals surface area contributed by atoms with E-state index in [-0.39, 0.29) is 0 Å². The van der Waals surface area contributed by atoms with Crippen LogP contribution in [0.15, 0.2) is 0 Å². The molecule has 3 aliphatic rings. The van der Waals surface area contributed by atoms with Crippen LogP contribution in [-0.2, 0) is 4.74 Å². The van der Waals surface area contributed by atoms with E-state index in [1.54, 1.807) is 4.90 Å². The molecular formula is C13H21F3N2O. The first-order valence-electron chi connectivity index (χ1n) is 7.12. The molecule has 0 radical (unpaired) electrons. The standard InChI is InChI=1S/C13H21F3N2O/c14-13(15,16)9-17-5-10-7-18(8-11(10)6-17)12-1-3-19-4-2-12/h10-12H,1-9H2. The molecule has 0 N–H and O–H groups in total. The molecule has 0 spiro atoms. The van der Waals surface area contributed by atoms with Crippen molar-refractivity contribution in [2.45, 2.75) is 25.1 Å². The SMILES string of the molecule is FC(F)(F)CN1CC2CN(C3CCOCC3)CC2C1. The number of ether oxygens (including phenoxy) is 1. The van der Waals surface area contributed by atoms with Crippen molar-refractivity contribution in [1.29, 1.82) is 0 Å². The van der Waals surface area contributed by atoms with Gasteiger partial charge in [-0.25, -0.2) is 0 Å². The van der Waals surface area contributed by atoms with E-state index in [0.29, 0.717) is 31.0 Å². The van der Waals surface area contributed by atoms with E-state index in [1.807, 2.05) is 0 Å². The normalized spacial score (nSPS) is 34.9. The highest BCUT2D eigenvalue weighted by Gasteiger charge is 2.44. The quantitative estimate of drug-likeness (QED) is 0.763. The fourth-order valence-corrected chi connectivity index (χ4v) is 3.86. The second-order valence-corrected chi connectivity index (χ2v) is 6.13. The molecule has 3 heterocycles. The Hall–Kier alpha value is -0.330. The fraction of sp³-hybridized carbons (Fsp3) is 1.00. The maximum Gasteiger partial charge on any atom is 0.401 e. The summed E-state index contributed by atoms with van der Waals surface area (Å²) in [6, 6.07) is 0.593. The molecule has 6 heteroatoms. The van der Waals surface area contributed by atoms with Crippen LogP contribution in [0.1, 0.15) is 12.8 Å². The molecule has 0 aromatic rings. The number of hydrogen-bond acceptors (Lipinski definition) is 3. The Morgan fingerprint density at radius 3 is 2.05 bits per heavy atom. The molecular weight excluding hydrogens is 257 g/mol. The van der Waals surface area contributed by atoms with Gasteiger partial charge in [0.25, 0.3) is 0 Å². The van der Waals surface area contributed by atoms with Crippen molar-refractivity contribution < 1.29 is 17.9 Å². The predicted octanol–water partition coefficient (Wildman–Crippen LogP) is 1.59. The summed E-state index contributed by atoms with van der Waals surface area (Å²) in [7, 11) is 0. The summed E-state index contributed by atoms with van der Waals surface area (Å²) < 4.78 is 42.5. The molecule has 0 aliphatic carbocycles. The van der Waals surface area contributed by atoms with Crippen molar-refractivity contribution in [3.05, 3.63) is 0 Å². The van der Waals surface area contributed by atoms with Crippen LogP contribution in [-0.4, -0.2) is 68.0 Å². The molecule has 0 saturated carbocycles. The summed E-state index contributed by atoms with van der Waals surface area (Å²) >= 11 is 0. The maximum atomic E-state index is 12.4. The predicted molar refractivity (Wildman–Crippen MR) is 64.9 cm³/mol. The minimum atomic E-state index is -4.06. The maximum absolute atomic E-state index is 12.4. The summed E-state index contributed by atoms with van der Waals surface area (Å²) in [6.07, 6.45) is -1.91. The van der Waals surface area contributed by atoms with Gasteiger partial charge in [-0.1, -0.05) is 0 Å². The first kappa shape index (κ1) is 13.6. The third-order valence-electron chi connectivity index (χ3n) is 4.70. The van der Waals surface area contributed by atoms with Crippen molar-refractivity contribution in [1.82, 2.24) is 9.80 Å². The number of alkyl halides is 3. The van der Waals surface area contributed by atoms with Gasteiger partial charge in [0.1, 0.15) is 0 Å². The van der Waals surface area contributed by atoms with Gasteiger partial charge in [0.2, 0.25) is 0 Å². The van der Waals surface area contributed by atoms with Gasteiger partial charge in [-0.2, -0.15) is 13.2 Å². The summed E-state index contributed by atoms with van der Waals surface area (Å²) in [5.41, 5.74) is 0. The molecule has 0 amide bonds. The first-order chi connectivity index (χ1) is 9.01. The molecule has 3 rings (SSSR count). The van der Waals surface area contributed by atoms with E-state index in [2.05, 4.69) is 4.90 Å². The Labute approximate surface area is 111 Å².